The summed E-state index contributed by atoms with van der Waals surface area (Å²) in [5.41, 5.74) is 3.45. The molecule has 5 heteroatoms. The van der Waals surface area contributed by atoms with Crippen LogP contribution in [0.4, 0.5) is 0 Å². The van der Waals surface area contributed by atoms with Crippen molar-refractivity contribution in [1.29, 1.82) is 0 Å². The maximum Gasteiger partial charge on any atom is 0.211 e. The molecule has 0 saturated carbocycles. The molecule has 3 aromatic carbocycles. The Morgan fingerprint density at radius 2 is 1.90 bits per heavy atom. The van der Waals surface area contributed by atoms with Crippen LogP contribution in [0.2, 0.25) is 0 Å². The van der Waals surface area contributed by atoms with E-state index in [9.17, 15) is 9.90 Å². The van der Waals surface area contributed by atoms with Crippen LogP contribution >= 0.6 is 0 Å². The third kappa shape index (κ3) is 3.99. The second-order valence-electron chi connectivity index (χ2n) is 6.79. The molecule has 1 N–H and O–H groups in total. The van der Waals surface area contributed by atoms with Gasteiger partial charge in [0.25, 0.3) is 0 Å². The number of aromatic hydroxyl groups is 1. The fourth-order valence-corrected chi connectivity index (χ4v) is 3.36. The topological polar surface area (TPSA) is 68.1 Å². The first-order valence-corrected chi connectivity index (χ1v) is 9.42. The summed E-state index contributed by atoms with van der Waals surface area (Å²) in [5, 5.41) is 10.5. The molecular weight excluding hydrogens is 366 g/mol. The summed E-state index contributed by atoms with van der Waals surface area (Å²) in [7, 11) is 1.56. The number of ether oxygens (including phenoxy) is 2. The summed E-state index contributed by atoms with van der Waals surface area (Å²) >= 11 is 0. The van der Waals surface area contributed by atoms with Crippen LogP contribution in [0.1, 0.15) is 27.0 Å². The van der Waals surface area contributed by atoms with E-state index in [1.807, 2.05) is 30.3 Å². The maximum absolute atomic E-state index is 13.0. The number of aliphatic imine (C=N–C) groups is 1. The molecule has 0 aliphatic carbocycles. The van der Waals surface area contributed by atoms with Gasteiger partial charge in [0.1, 0.15) is 18.1 Å². The number of benzene rings is 3. The Hall–Kier alpha value is -3.60. The van der Waals surface area contributed by atoms with Crippen molar-refractivity contribution in [3.8, 4) is 17.2 Å². The van der Waals surface area contributed by atoms with Crippen molar-refractivity contribution in [3.05, 3.63) is 89.0 Å². The number of carbonyl (C=O) groups is 1. The van der Waals surface area contributed by atoms with E-state index in [0.29, 0.717) is 47.9 Å². The molecule has 29 heavy (non-hydrogen) atoms. The Morgan fingerprint density at radius 3 is 2.69 bits per heavy atom. The van der Waals surface area contributed by atoms with Crippen LogP contribution in [0.5, 0.6) is 17.2 Å². The molecule has 5 nitrogen and oxygen atoms in total. The number of carbonyl (C=O) groups excluding carboxylic acids is 1. The molecule has 0 amide bonds. The molecule has 0 fully saturated rings. The van der Waals surface area contributed by atoms with Gasteiger partial charge in [-0.15, -0.1) is 0 Å². The predicted octanol–water partition coefficient (Wildman–Crippen LogP) is 4.21. The van der Waals surface area contributed by atoms with E-state index in [0.717, 1.165) is 11.1 Å². The lowest BCUT2D eigenvalue weighted by Crippen LogP contribution is -2.22. The fraction of sp³-hybridized carbons (Fsp3) is 0.167. The van der Waals surface area contributed by atoms with Crippen LogP contribution in [0.25, 0.3) is 0 Å². The molecule has 1 heterocycles. The smallest absolute Gasteiger partial charge is 0.211 e. The number of rotatable bonds is 6. The molecule has 0 unspecified atom stereocenters. The molecule has 0 atom stereocenters. The molecule has 0 radical (unpaired) electrons. The monoisotopic (exact) mass is 387 g/mol. The van der Waals surface area contributed by atoms with Crippen molar-refractivity contribution in [3.63, 3.8) is 0 Å². The van der Waals surface area contributed by atoms with E-state index in [4.69, 9.17) is 9.47 Å². The van der Waals surface area contributed by atoms with Crippen LogP contribution in [-0.4, -0.2) is 30.3 Å². The SMILES string of the molecule is COc1cccc(C(=O)C2=NCCc3cc(OCc4ccccc4)c(O)cc32)c1. The first-order valence-electron chi connectivity index (χ1n) is 9.42. The minimum atomic E-state index is -0.192. The molecule has 0 spiro atoms. The zero-order valence-electron chi connectivity index (χ0n) is 16.1. The lowest BCUT2D eigenvalue weighted by molar-refractivity contribution is 0.106. The number of hydrogen-bond acceptors (Lipinski definition) is 5. The van der Waals surface area contributed by atoms with Gasteiger partial charge < -0.3 is 14.6 Å². The predicted molar refractivity (Wildman–Crippen MR) is 111 cm³/mol. The number of phenols is 1. The summed E-state index contributed by atoms with van der Waals surface area (Å²) in [6.07, 6.45) is 0.687. The van der Waals surface area contributed by atoms with Gasteiger partial charge in [-0.25, -0.2) is 0 Å². The quantitative estimate of drug-likeness (QED) is 0.644. The number of methoxy groups -OCH3 is 1. The molecule has 4 rings (SSSR count). The Balaban J connectivity index is 1.60. The van der Waals surface area contributed by atoms with E-state index in [1.54, 1.807) is 43.5 Å². The Morgan fingerprint density at radius 1 is 1.07 bits per heavy atom. The summed E-state index contributed by atoms with van der Waals surface area (Å²) in [4.78, 5) is 17.5. The highest BCUT2D eigenvalue weighted by molar-refractivity contribution is 6.52. The van der Waals surface area contributed by atoms with Gasteiger partial charge in [-0.3, -0.25) is 9.79 Å². The highest BCUT2D eigenvalue weighted by Gasteiger charge is 2.24. The normalized spacial score (nSPS) is 12.7. The van der Waals surface area contributed by atoms with Crippen molar-refractivity contribution in [1.82, 2.24) is 0 Å². The Bertz CT molecular complexity index is 1070. The third-order valence-electron chi connectivity index (χ3n) is 4.88. The molecule has 0 aromatic heterocycles. The van der Waals surface area contributed by atoms with Crippen LogP contribution in [0.15, 0.2) is 71.7 Å². The molecule has 3 aromatic rings. The fourth-order valence-electron chi connectivity index (χ4n) is 3.36. The van der Waals surface area contributed by atoms with Crippen molar-refractivity contribution < 1.29 is 19.4 Å². The number of Topliss-reactive ketones (excluding diaryl/α,β-unsaturated/α-hetero) is 1. The van der Waals surface area contributed by atoms with E-state index in [1.165, 1.54) is 0 Å². The second-order valence-corrected chi connectivity index (χ2v) is 6.79. The average molecular weight is 387 g/mol. The van der Waals surface area contributed by atoms with E-state index < -0.39 is 0 Å². The Kier molecular flexibility index (Phi) is 5.29. The summed E-state index contributed by atoms with van der Waals surface area (Å²) in [5.74, 6) is 0.817. The van der Waals surface area contributed by atoms with Crippen molar-refractivity contribution in [2.45, 2.75) is 13.0 Å². The molecule has 0 saturated heterocycles. The van der Waals surface area contributed by atoms with Crippen LogP contribution < -0.4 is 9.47 Å². The van der Waals surface area contributed by atoms with Crippen LogP contribution in [0.3, 0.4) is 0 Å². The molecule has 1 aliphatic rings. The summed E-state index contributed by atoms with van der Waals surface area (Å²) in [6, 6.07) is 20.1. The van der Waals surface area contributed by atoms with Gasteiger partial charge in [-0.1, -0.05) is 42.5 Å². The van der Waals surface area contributed by atoms with Crippen LogP contribution in [-0.2, 0) is 13.0 Å². The Labute approximate surface area is 169 Å². The second kappa shape index (κ2) is 8.19. The minimum Gasteiger partial charge on any atom is -0.504 e. The lowest BCUT2D eigenvalue weighted by Gasteiger charge is -2.19. The number of hydrogen-bond donors (Lipinski definition) is 1. The average Bonchev–Trinajstić information content (AvgIpc) is 2.77. The van der Waals surface area contributed by atoms with E-state index in [-0.39, 0.29) is 11.5 Å². The van der Waals surface area contributed by atoms with Gasteiger partial charge in [0.2, 0.25) is 5.78 Å². The zero-order valence-corrected chi connectivity index (χ0v) is 16.1. The standard InChI is InChI=1S/C24H21NO4/c1-28-19-9-5-8-18(12-19)24(27)23-20-14-21(26)22(13-17(20)10-11-25-23)29-15-16-6-3-2-4-7-16/h2-9,12-14,26H,10-11,15H2,1H3. The molecule has 0 bridgehead atoms. The molecule has 146 valence electrons. The number of fused-ring (bicyclic) bond motifs is 1. The number of ketones is 1. The van der Waals surface area contributed by atoms with Crippen molar-refractivity contribution in [2.24, 2.45) is 4.99 Å². The highest BCUT2D eigenvalue weighted by atomic mass is 16.5. The number of nitrogens with zero attached hydrogens (tertiary/aromatic N) is 1. The summed E-state index contributed by atoms with van der Waals surface area (Å²) < 4.78 is 11.0. The highest BCUT2D eigenvalue weighted by Crippen LogP contribution is 2.33. The molecule has 1 aliphatic heterocycles. The van der Waals surface area contributed by atoms with Gasteiger partial charge in [0.05, 0.1) is 7.11 Å². The minimum absolute atomic E-state index is 0.00674. The van der Waals surface area contributed by atoms with Gasteiger partial charge in [0, 0.05) is 17.7 Å². The van der Waals surface area contributed by atoms with Crippen molar-refractivity contribution >= 4 is 11.5 Å². The van der Waals surface area contributed by atoms with Gasteiger partial charge in [0.15, 0.2) is 11.5 Å². The van der Waals surface area contributed by atoms with Gasteiger partial charge >= 0.3 is 0 Å². The zero-order chi connectivity index (χ0) is 20.2. The van der Waals surface area contributed by atoms with Crippen LogP contribution in [0, 0.1) is 0 Å². The largest absolute Gasteiger partial charge is 0.504 e. The molecular formula is C24H21NO4. The van der Waals surface area contributed by atoms with Crippen molar-refractivity contribution in [2.75, 3.05) is 13.7 Å². The first-order chi connectivity index (χ1) is 14.2. The summed E-state index contributed by atoms with van der Waals surface area (Å²) in [6.45, 7) is 0.873. The van der Waals surface area contributed by atoms with Gasteiger partial charge in [-0.05, 0) is 41.8 Å². The lowest BCUT2D eigenvalue weighted by atomic mass is 9.92. The van der Waals surface area contributed by atoms with E-state index >= 15 is 0 Å². The first kappa shape index (κ1) is 18.7. The van der Waals surface area contributed by atoms with Gasteiger partial charge in [-0.2, -0.15) is 0 Å². The number of phenolic OH excluding ortho intramolecular Hbond substituents is 1. The van der Waals surface area contributed by atoms with E-state index in [2.05, 4.69) is 4.99 Å². The maximum atomic E-state index is 13.0. The third-order valence-corrected chi connectivity index (χ3v) is 4.88.